The maximum atomic E-state index is 14.2. The van der Waals surface area contributed by atoms with Gasteiger partial charge in [0, 0.05) is 17.6 Å². The Balaban J connectivity index is 2.21. The van der Waals surface area contributed by atoms with Gasteiger partial charge in [-0.05, 0) is 73.8 Å². The van der Waals surface area contributed by atoms with Crippen LogP contribution < -0.4 is 10.1 Å². The zero-order valence-electron chi connectivity index (χ0n) is 18.7. The van der Waals surface area contributed by atoms with Crippen LogP contribution in [0, 0.1) is 5.82 Å². The molecule has 2 rings (SSSR count). The molecule has 0 aliphatic heterocycles. The lowest BCUT2D eigenvalue weighted by molar-refractivity contribution is -0.142. The number of carbonyl (C=O) groups is 2. The van der Waals surface area contributed by atoms with Gasteiger partial charge in [-0.1, -0.05) is 31.2 Å². The summed E-state index contributed by atoms with van der Waals surface area (Å²) in [7, 11) is 0. The fourth-order valence-electron chi connectivity index (χ4n) is 2.97. The number of carbonyl (C=O) groups excluding carboxylic acids is 2. The molecule has 0 radical (unpaired) electrons. The van der Waals surface area contributed by atoms with Crippen molar-refractivity contribution in [3.8, 4) is 5.75 Å². The van der Waals surface area contributed by atoms with Gasteiger partial charge in [0.15, 0.2) is 6.61 Å². The van der Waals surface area contributed by atoms with Crippen LogP contribution in [-0.4, -0.2) is 34.9 Å². The summed E-state index contributed by atoms with van der Waals surface area (Å²) in [4.78, 5) is 27.1. The summed E-state index contributed by atoms with van der Waals surface area (Å²) in [6.07, 6.45) is 0.884. The summed E-state index contributed by atoms with van der Waals surface area (Å²) in [5.74, 6) is -0.623. The quantitative estimate of drug-likeness (QED) is 0.572. The minimum Gasteiger partial charge on any atom is -0.483 e. The van der Waals surface area contributed by atoms with Crippen LogP contribution >= 0.6 is 15.9 Å². The highest BCUT2D eigenvalue weighted by Crippen LogP contribution is 2.26. The predicted molar refractivity (Wildman–Crippen MR) is 123 cm³/mol. The number of hydrogen-bond acceptors (Lipinski definition) is 3. The van der Waals surface area contributed by atoms with Crippen molar-refractivity contribution in [3.05, 3.63) is 63.9 Å². The van der Waals surface area contributed by atoms with Crippen molar-refractivity contribution < 1.29 is 18.7 Å². The highest BCUT2D eigenvalue weighted by atomic mass is 79.9. The number of ether oxygens (including phenoxy) is 1. The summed E-state index contributed by atoms with van der Waals surface area (Å²) in [6, 6.07) is 11.1. The highest BCUT2D eigenvalue weighted by Gasteiger charge is 2.29. The van der Waals surface area contributed by atoms with E-state index in [2.05, 4.69) is 28.2 Å². The van der Waals surface area contributed by atoms with Crippen LogP contribution in [-0.2, 0) is 22.6 Å². The van der Waals surface area contributed by atoms with Crippen molar-refractivity contribution in [1.82, 2.24) is 10.2 Å². The third kappa shape index (κ3) is 7.35. The molecule has 0 unspecified atom stereocenters. The Labute approximate surface area is 192 Å². The van der Waals surface area contributed by atoms with Gasteiger partial charge in [0.05, 0.1) is 4.47 Å². The molecule has 2 amide bonds. The molecular weight excluding hydrogens is 463 g/mol. The summed E-state index contributed by atoms with van der Waals surface area (Å²) in [5.41, 5.74) is 1.01. The van der Waals surface area contributed by atoms with Gasteiger partial charge in [0.25, 0.3) is 5.91 Å². The molecule has 1 N–H and O–H groups in total. The zero-order chi connectivity index (χ0) is 23.2. The average Bonchev–Trinajstić information content (AvgIpc) is 2.70. The van der Waals surface area contributed by atoms with E-state index in [1.165, 1.54) is 11.0 Å². The van der Waals surface area contributed by atoms with Crippen molar-refractivity contribution >= 4 is 27.7 Å². The van der Waals surface area contributed by atoms with Crippen LogP contribution in [0.1, 0.15) is 45.7 Å². The van der Waals surface area contributed by atoms with Gasteiger partial charge in [-0.2, -0.15) is 0 Å². The molecule has 168 valence electrons. The Morgan fingerprint density at radius 3 is 2.45 bits per heavy atom. The van der Waals surface area contributed by atoms with Crippen LogP contribution in [0.25, 0.3) is 0 Å². The van der Waals surface area contributed by atoms with E-state index in [-0.39, 0.29) is 19.1 Å². The molecule has 31 heavy (non-hydrogen) atoms. The first kappa shape index (κ1) is 24.9. The second-order valence-corrected chi connectivity index (χ2v) is 9.29. The standard InChI is InChI=1S/C24H30BrFN2O3/c1-6-17-11-12-21(19(25)13-17)31-15-22(29)28(14-18-9-7-8-10-20(18)26)16(2)23(30)27-24(3,4)5/h7-13,16H,6,14-15H2,1-5H3,(H,27,30)/t16-/m1/s1. The molecule has 0 fully saturated rings. The molecule has 0 bridgehead atoms. The van der Waals surface area contributed by atoms with Gasteiger partial charge >= 0.3 is 0 Å². The Bertz CT molecular complexity index is 927. The molecule has 0 spiro atoms. The monoisotopic (exact) mass is 492 g/mol. The number of hydrogen-bond donors (Lipinski definition) is 1. The summed E-state index contributed by atoms with van der Waals surface area (Å²) >= 11 is 3.46. The van der Waals surface area contributed by atoms with Gasteiger partial charge < -0.3 is 15.0 Å². The first-order valence-corrected chi connectivity index (χ1v) is 11.1. The first-order valence-electron chi connectivity index (χ1n) is 10.3. The van der Waals surface area contributed by atoms with E-state index in [0.29, 0.717) is 11.3 Å². The van der Waals surface area contributed by atoms with Crippen molar-refractivity contribution in [2.45, 2.75) is 59.2 Å². The third-order valence-corrected chi connectivity index (χ3v) is 5.34. The Morgan fingerprint density at radius 1 is 1.19 bits per heavy atom. The molecule has 0 saturated heterocycles. The third-order valence-electron chi connectivity index (χ3n) is 4.72. The van der Waals surface area contributed by atoms with Gasteiger partial charge in [-0.3, -0.25) is 9.59 Å². The second-order valence-electron chi connectivity index (χ2n) is 8.44. The molecule has 2 aromatic carbocycles. The Morgan fingerprint density at radius 2 is 1.87 bits per heavy atom. The highest BCUT2D eigenvalue weighted by molar-refractivity contribution is 9.10. The fourth-order valence-corrected chi connectivity index (χ4v) is 3.51. The van der Waals surface area contributed by atoms with Crippen molar-refractivity contribution in [1.29, 1.82) is 0 Å². The van der Waals surface area contributed by atoms with Crippen LogP contribution in [0.2, 0.25) is 0 Å². The van der Waals surface area contributed by atoms with E-state index >= 15 is 0 Å². The molecule has 0 aliphatic carbocycles. The molecule has 0 aliphatic rings. The lowest BCUT2D eigenvalue weighted by Crippen LogP contribution is -2.53. The molecule has 0 aromatic heterocycles. The number of nitrogens with zero attached hydrogens (tertiary/aromatic N) is 1. The number of benzene rings is 2. The number of aryl methyl sites for hydroxylation is 1. The van der Waals surface area contributed by atoms with Crippen LogP contribution in [0.3, 0.4) is 0 Å². The second kappa shape index (κ2) is 10.8. The molecular formula is C24H30BrFN2O3. The van der Waals surface area contributed by atoms with E-state index in [9.17, 15) is 14.0 Å². The normalized spacial score (nSPS) is 12.2. The van der Waals surface area contributed by atoms with E-state index in [4.69, 9.17) is 4.74 Å². The average molecular weight is 493 g/mol. The number of amides is 2. The maximum absolute atomic E-state index is 14.2. The minimum absolute atomic E-state index is 0.0382. The minimum atomic E-state index is -0.805. The summed E-state index contributed by atoms with van der Waals surface area (Å²) in [5, 5.41) is 2.88. The van der Waals surface area contributed by atoms with Gasteiger partial charge in [-0.15, -0.1) is 0 Å². The molecule has 7 heteroatoms. The van der Waals surface area contributed by atoms with E-state index < -0.39 is 23.3 Å². The summed E-state index contributed by atoms with van der Waals surface area (Å²) < 4.78 is 20.7. The fraction of sp³-hybridized carbons (Fsp3) is 0.417. The van der Waals surface area contributed by atoms with Gasteiger partial charge in [0.1, 0.15) is 17.6 Å². The van der Waals surface area contributed by atoms with Crippen molar-refractivity contribution in [2.24, 2.45) is 0 Å². The Hall–Kier alpha value is -2.41. The van der Waals surface area contributed by atoms with Gasteiger partial charge in [0.2, 0.25) is 5.91 Å². The first-order chi connectivity index (χ1) is 14.5. The van der Waals surface area contributed by atoms with E-state index in [1.807, 2.05) is 32.9 Å². The molecule has 2 aromatic rings. The number of halogens is 2. The lowest BCUT2D eigenvalue weighted by atomic mass is 10.1. The van der Waals surface area contributed by atoms with Crippen molar-refractivity contribution in [2.75, 3.05) is 6.61 Å². The molecule has 1 atom stereocenters. The SMILES string of the molecule is CCc1ccc(OCC(=O)N(Cc2ccccc2F)[C@H](C)C(=O)NC(C)(C)C)c(Br)c1. The van der Waals surface area contributed by atoms with Crippen LogP contribution in [0.4, 0.5) is 4.39 Å². The smallest absolute Gasteiger partial charge is 0.261 e. The zero-order valence-corrected chi connectivity index (χ0v) is 20.3. The summed E-state index contributed by atoms with van der Waals surface area (Å²) in [6.45, 7) is 8.96. The largest absolute Gasteiger partial charge is 0.483 e. The predicted octanol–water partition coefficient (Wildman–Crippen LogP) is 4.86. The van der Waals surface area contributed by atoms with Crippen molar-refractivity contribution in [3.63, 3.8) is 0 Å². The Kier molecular flexibility index (Phi) is 8.62. The van der Waals surface area contributed by atoms with E-state index in [1.54, 1.807) is 31.2 Å². The van der Waals surface area contributed by atoms with Crippen LogP contribution in [0.15, 0.2) is 46.9 Å². The maximum Gasteiger partial charge on any atom is 0.261 e. The molecule has 0 heterocycles. The number of nitrogens with one attached hydrogen (secondary N) is 1. The lowest BCUT2D eigenvalue weighted by Gasteiger charge is -2.31. The molecule has 5 nitrogen and oxygen atoms in total. The van der Waals surface area contributed by atoms with Gasteiger partial charge in [-0.25, -0.2) is 4.39 Å². The molecule has 0 saturated carbocycles. The topological polar surface area (TPSA) is 58.6 Å². The van der Waals surface area contributed by atoms with Crippen LogP contribution in [0.5, 0.6) is 5.75 Å². The van der Waals surface area contributed by atoms with E-state index in [0.717, 1.165) is 16.5 Å². The number of rotatable bonds is 8.